The zero-order chi connectivity index (χ0) is 24.2. The predicted molar refractivity (Wildman–Crippen MR) is 128 cm³/mol. The van der Waals surface area contributed by atoms with E-state index in [0.717, 1.165) is 40.3 Å². The van der Waals surface area contributed by atoms with Crippen LogP contribution in [0.15, 0.2) is 57.9 Å². The number of benzene rings is 2. The molecule has 8 nitrogen and oxygen atoms in total. The first-order valence-corrected chi connectivity index (χ1v) is 11.1. The van der Waals surface area contributed by atoms with Crippen molar-refractivity contribution in [3.63, 3.8) is 0 Å². The summed E-state index contributed by atoms with van der Waals surface area (Å²) in [4.78, 5) is 39.4. The molecule has 0 fully saturated rings. The van der Waals surface area contributed by atoms with Crippen LogP contribution in [0.1, 0.15) is 30.0 Å². The van der Waals surface area contributed by atoms with Crippen molar-refractivity contribution in [2.24, 2.45) is 0 Å². The van der Waals surface area contributed by atoms with Crippen LogP contribution >= 0.6 is 0 Å². The summed E-state index contributed by atoms with van der Waals surface area (Å²) in [5.41, 5.74) is 3.20. The van der Waals surface area contributed by atoms with Gasteiger partial charge in [0.15, 0.2) is 6.61 Å². The standard InChI is InChI=1S/C26H26N2O6/c1-3-6-16-12-24(30)34-25-15(2)22(10-9-19(16)25)33-14-23(29)28-21(26(31)32)11-17-13-27-20-8-5-4-7-18(17)20/h4-5,7-10,12-13,21,27H,3,6,11,14H2,1-2H3,(H,28,29)(H,31,32). The van der Waals surface area contributed by atoms with Gasteiger partial charge in [-0.25, -0.2) is 9.59 Å². The Hall–Kier alpha value is -4.07. The Morgan fingerprint density at radius 2 is 1.94 bits per heavy atom. The van der Waals surface area contributed by atoms with E-state index in [9.17, 15) is 19.5 Å². The van der Waals surface area contributed by atoms with Crippen LogP contribution in [0, 0.1) is 6.92 Å². The Bertz CT molecular complexity index is 1420. The van der Waals surface area contributed by atoms with Gasteiger partial charge in [-0.15, -0.1) is 0 Å². The number of hydrogen-bond acceptors (Lipinski definition) is 5. The monoisotopic (exact) mass is 462 g/mol. The largest absolute Gasteiger partial charge is 0.483 e. The second-order valence-corrected chi connectivity index (χ2v) is 8.22. The van der Waals surface area contributed by atoms with Crippen molar-refractivity contribution in [2.75, 3.05) is 6.61 Å². The molecule has 0 saturated heterocycles. The summed E-state index contributed by atoms with van der Waals surface area (Å²) in [6.45, 7) is 3.42. The summed E-state index contributed by atoms with van der Waals surface area (Å²) in [7, 11) is 0. The molecule has 0 spiro atoms. The molecule has 176 valence electrons. The summed E-state index contributed by atoms with van der Waals surface area (Å²) in [5.74, 6) is -1.30. The van der Waals surface area contributed by atoms with Gasteiger partial charge in [0.1, 0.15) is 17.4 Å². The maximum atomic E-state index is 12.5. The second kappa shape index (κ2) is 9.82. The van der Waals surface area contributed by atoms with Gasteiger partial charge in [0.25, 0.3) is 5.91 Å². The molecule has 0 aliphatic rings. The number of aromatic nitrogens is 1. The highest BCUT2D eigenvalue weighted by Gasteiger charge is 2.22. The first-order valence-electron chi connectivity index (χ1n) is 11.1. The van der Waals surface area contributed by atoms with E-state index < -0.39 is 23.5 Å². The lowest BCUT2D eigenvalue weighted by Gasteiger charge is -2.16. The van der Waals surface area contributed by atoms with Crippen LogP contribution in [0.5, 0.6) is 5.75 Å². The second-order valence-electron chi connectivity index (χ2n) is 8.22. The van der Waals surface area contributed by atoms with Crippen molar-refractivity contribution < 1.29 is 23.8 Å². The zero-order valence-corrected chi connectivity index (χ0v) is 19.0. The van der Waals surface area contributed by atoms with Crippen LogP contribution < -0.4 is 15.7 Å². The molecule has 2 aromatic heterocycles. The summed E-state index contributed by atoms with van der Waals surface area (Å²) in [6.07, 6.45) is 3.52. The number of aromatic amines is 1. The molecule has 0 radical (unpaired) electrons. The first-order chi connectivity index (χ1) is 16.4. The van der Waals surface area contributed by atoms with Gasteiger partial charge in [-0.1, -0.05) is 31.5 Å². The molecule has 8 heteroatoms. The van der Waals surface area contributed by atoms with Crippen LogP contribution in [0.4, 0.5) is 0 Å². The third kappa shape index (κ3) is 4.80. The van der Waals surface area contributed by atoms with E-state index in [4.69, 9.17) is 9.15 Å². The molecule has 34 heavy (non-hydrogen) atoms. The van der Waals surface area contributed by atoms with Gasteiger partial charge in [-0.2, -0.15) is 0 Å². The summed E-state index contributed by atoms with van der Waals surface area (Å²) in [5, 5.41) is 13.9. The molecule has 2 heterocycles. The lowest BCUT2D eigenvalue weighted by molar-refractivity contribution is -0.142. The Balaban J connectivity index is 1.46. The van der Waals surface area contributed by atoms with Crippen molar-refractivity contribution in [1.29, 1.82) is 0 Å². The highest BCUT2D eigenvalue weighted by Crippen LogP contribution is 2.29. The average Bonchev–Trinajstić information content (AvgIpc) is 3.21. The quantitative estimate of drug-likeness (QED) is 0.326. The molecule has 1 atom stereocenters. The number of amides is 1. The fourth-order valence-corrected chi connectivity index (χ4v) is 4.14. The third-order valence-electron chi connectivity index (χ3n) is 5.81. The molecule has 3 N–H and O–H groups in total. The number of nitrogens with one attached hydrogen (secondary N) is 2. The van der Waals surface area contributed by atoms with Gasteiger partial charge in [0, 0.05) is 40.5 Å². The minimum Gasteiger partial charge on any atom is -0.483 e. The molecule has 1 unspecified atom stereocenters. The van der Waals surface area contributed by atoms with E-state index in [0.29, 0.717) is 16.9 Å². The molecular weight excluding hydrogens is 436 g/mol. The van der Waals surface area contributed by atoms with Crippen LogP contribution in [0.25, 0.3) is 21.9 Å². The molecule has 4 aromatic rings. The highest BCUT2D eigenvalue weighted by atomic mass is 16.5. The molecule has 0 aliphatic heterocycles. The number of carboxylic acids is 1. The lowest BCUT2D eigenvalue weighted by Crippen LogP contribution is -2.44. The third-order valence-corrected chi connectivity index (χ3v) is 5.81. The van der Waals surface area contributed by atoms with Crippen molar-refractivity contribution in [1.82, 2.24) is 10.3 Å². The van der Waals surface area contributed by atoms with Gasteiger partial charge in [-0.05, 0) is 42.7 Å². The fraction of sp³-hybridized carbons (Fsp3) is 0.269. The minimum atomic E-state index is -1.13. The van der Waals surface area contributed by atoms with E-state index in [-0.39, 0.29) is 13.0 Å². The number of carboxylic acid groups (broad SMARTS) is 1. The van der Waals surface area contributed by atoms with Crippen LogP contribution in [-0.4, -0.2) is 34.6 Å². The summed E-state index contributed by atoms with van der Waals surface area (Å²) in [6, 6.07) is 11.5. The van der Waals surface area contributed by atoms with Gasteiger partial charge in [-0.3, -0.25) is 4.79 Å². The van der Waals surface area contributed by atoms with Crippen molar-refractivity contribution in [3.8, 4) is 5.75 Å². The number of fused-ring (bicyclic) bond motifs is 2. The van der Waals surface area contributed by atoms with Crippen LogP contribution in [-0.2, 0) is 22.4 Å². The normalized spacial score (nSPS) is 12.1. The highest BCUT2D eigenvalue weighted by molar-refractivity contribution is 5.88. The van der Waals surface area contributed by atoms with Crippen LogP contribution in [0.3, 0.4) is 0 Å². The maximum absolute atomic E-state index is 12.5. The molecular formula is C26H26N2O6. The first kappa shape index (κ1) is 23.1. The van der Waals surface area contributed by atoms with E-state index in [1.165, 1.54) is 6.07 Å². The molecule has 1 amide bonds. The molecule has 0 saturated carbocycles. The van der Waals surface area contributed by atoms with E-state index in [2.05, 4.69) is 10.3 Å². The Morgan fingerprint density at radius 3 is 2.71 bits per heavy atom. The minimum absolute atomic E-state index is 0.130. The number of ether oxygens (including phenoxy) is 1. The lowest BCUT2D eigenvalue weighted by atomic mass is 10.0. The predicted octanol–water partition coefficient (Wildman–Crippen LogP) is 3.73. The Kier molecular flexibility index (Phi) is 6.67. The number of H-pyrrole nitrogens is 1. The fourth-order valence-electron chi connectivity index (χ4n) is 4.14. The number of rotatable bonds is 9. The van der Waals surface area contributed by atoms with Crippen molar-refractivity contribution >= 4 is 33.7 Å². The molecule has 0 aliphatic carbocycles. The number of para-hydroxylation sites is 1. The Labute approximate surface area is 195 Å². The SMILES string of the molecule is CCCc1cc(=O)oc2c(C)c(OCC(=O)NC(Cc3c[nH]c4ccccc34)C(=O)O)ccc12. The van der Waals surface area contributed by atoms with E-state index in [1.807, 2.05) is 31.2 Å². The molecule has 4 rings (SSSR count). The van der Waals surface area contributed by atoms with E-state index >= 15 is 0 Å². The van der Waals surface area contributed by atoms with Crippen molar-refractivity contribution in [3.05, 3.63) is 75.8 Å². The molecule has 0 bridgehead atoms. The zero-order valence-electron chi connectivity index (χ0n) is 19.0. The Morgan fingerprint density at radius 1 is 1.15 bits per heavy atom. The van der Waals surface area contributed by atoms with Gasteiger partial charge < -0.3 is 24.6 Å². The number of carbonyl (C=O) groups is 2. The van der Waals surface area contributed by atoms with Gasteiger partial charge in [0.2, 0.25) is 0 Å². The number of aliphatic carboxylic acids is 1. The smallest absolute Gasteiger partial charge is 0.336 e. The number of hydrogen-bond donors (Lipinski definition) is 3. The number of aryl methyl sites for hydroxylation is 2. The summed E-state index contributed by atoms with van der Waals surface area (Å²) < 4.78 is 11.1. The van der Waals surface area contributed by atoms with E-state index in [1.54, 1.807) is 25.3 Å². The van der Waals surface area contributed by atoms with Gasteiger partial charge in [0.05, 0.1) is 0 Å². The van der Waals surface area contributed by atoms with Crippen molar-refractivity contribution in [2.45, 2.75) is 39.2 Å². The van der Waals surface area contributed by atoms with Crippen LogP contribution in [0.2, 0.25) is 0 Å². The topological polar surface area (TPSA) is 122 Å². The average molecular weight is 463 g/mol. The van der Waals surface area contributed by atoms with Gasteiger partial charge >= 0.3 is 11.6 Å². The summed E-state index contributed by atoms with van der Waals surface area (Å²) >= 11 is 0. The maximum Gasteiger partial charge on any atom is 0.336 e. The number of carbonyl (C=O) groups excluding carboxylic acids is 1. The molecule has 2 aromatic carbocycles.